The molecule has 3 nitrogen and oxygen atoms in total. The van der Waals surface area contributed by atoms with Crippen molar-refractivity contribution < 1.29 is 9.53 Å². The molecule has 0 aromatic heterocycles. The third-order valence-electron chi connectivity index (χ3n) is 3.18. The Morgan fingerprint density at radius 1 is 1.26 bits per heavy atom. The second kappa shape index (κ2) is 8.70. The van der Waals surface area contributed by atoms with Gasteiger partial charge in [0.1, 0.15) is 0 Å². The predicted octanol–water partition coefficient (Wildman–Crippen LogP) is 2.94. The maximum atomic E-state index is 11.7. The number of esters is 1. The van der Waals surface area contributed by atoms with E-state index in [0.717, 1.165) is 12.8 Å². The largest absolute Gasteiger partial charge is 0.466 e. The van der Waals surface area contributed by atoms with Crippen molar-refractivity contribution in [3.8, 4) is 0 Å². The van der Waals surface area contributed by atoms with Gasteiger partial charge in [0, 0.05) is 12.1 Å². The molecule has 0 aliphatic carbocycles. The van der Waals surface area contributed by atoms with Crippen LogP contribution >= 0.6 is 0 Å². The van der Waals surface area contributed by atoms with Crippen molar-refractivity contribution in [3.05, 3.63) is 35.9 Å². The molecule has 0 bridgehead atoms. The lowest BCUT2D eigenvalue weighted by atomic mass is 10.0. The molecule has 0 aliphatic heterocycles. The van der Waals surface area contributed by atoms with Crippen LogP contribution < -0.4 is 5.32 Å². The highest BCUT2D eigenvalue weighted by molar-refractivity contribution is 5.70. The molecule has 0 fully saturated rings. The molecular formula is C16H25NO2. The molecule has 2 atom stereocenters. The first-order chi connectivity index (χ1) is 9.15. The van der Waals surface area contributed by atoms with E-state index >= 15 is 0 Å². The van der Waals surface area contributed by atoms with E-state index in [2.05, 4.69) is 31.3 Å². The quantitative estimate of drug-likeness (QED) is 0.733. The molecule has 2 unspecified atom stereocenters. The van der Waals surface area contributed by atoms with Gasteiger partial charge in [0.15, 0.2) is 0 Å². The maximum absolute atomic E-state index is 11.7. The lowest BCUT2D eigenvalue weighted by Gasteiger charge is -2.22. The lowest BCUT2D eigenvalue weighted by Crippen LogP contribution is -2.39. The molecule has 0 saturated carbocycles. The fourth-order valence-electron chi connectivity index (χ4n) is 2.03. The van der Waals surface area contributed by atoms with Gasteiger partial charge in [0.25, 0.3) is 0 Å². The number of nitrogens with one attached hydrogen (secondary N) is 1. The number of carbonyl (C=O) groups is 1. The Hall–Kier alpha value is -1.35. The summed E-state index contributed by atoms with van der Waals surface area (Å²) >= 11 is 0. The van der Waals surface area contributed by atoms with Crippen molar-refractivity contribution in [1.82, 2.24) is 5.32 Å². The van der Waals surface area contributed by atoms with Crippen LogP contribution in [-0.4, -0.2) is 24.7 Å². The molecule has 1 N–H and O–H groups in total. The van der Waals surface area contributed by atoms with Crippen molar-refractivity contribution in [2.75, 3.05) is 6.61 Å². The second-order valence-corrected chi connectivity index (χ2v) is 4.87. The lowest BCUT2D eigenvalue weighted by molar-refractivity contribution is -0.143. The molecule has 19 heavy (non-hydrogen) atoms. The normalized spacial score (nSPS) is 13.8. The Kier molecular flexibility index (Phi) is 7.19. The highest BCUT2D eigenvalue weighted by Gasteiger charge is 2.16. The average Bonchev–Trinajstić information content (AvgIpc) is 2.39. The minimum atomic E-state index is -0.126. The zero-order valence-electron chi connectivity index (χ0n) is 12.2. The van der Waals surface area contributed by atoms with E-state index in [1.54, 1.807) is 0 Å². The van der Waals surface area contributed by atoms with Crippen LogP contribution in [0.5, 0.6) is 0 Å². The predicted molar refractivity (Wildman–Crippen MR) is 78.1 cm³/mol. The maximum Gasteiger partial charge on any atom is 0.307 e. The molecule has 1 aromatic carbocycles. The highest BCUT2D eigenvalue weighted by Crippen LogP contribution is 2.08. The summed E-state index contributed by atoms with van der Waals surface area (Å²) < 4.78 is 5.05. The SMILES string of the molecule is CCOC(=O)CC(Cc1ccccc1)NC(C)CC. The number of carbonyl (C=O) groups excluding carboxylic acids is 1. The smallest absolute Gasteiger partial charge is 0.307 e. The molecule has 106 valence electrons. The van der Waals surface area contributed by atoms with Gasteiger partial charge in [-0.15, -0.1) is 0 Å². The van der Waals surface area contributed by atoms with Crippen LogP contribution in [0.4, 0.5) is 0 Å². The van der Waals surface area contributed by atoms with Crippen LogP contribution in [0.1, 0.15) is 39.2 Å². The topological polar surface area (TPSA) is 38.3 Å². The van der Waals surface area contributed by atoms with E-state index < -0.39 is 0 Å². The molecule has 0 radical (unpaired) electrons. The second-order valence-electron chi connectivity index (χ2n) is 4.87. The summed E-state index contributed by atoms with van der Waals surface area (Å²) in [6.45, 7) is 6.57. The van der Waals surface area contributed by atoms with Gasteiger partial charge in [-0.2, -0.15) is 0 Å². The molecule has 0 aliphatic rings. The van der Waals surface area contributed by atoms with Crippen LogP contribution in [0, 0.1) is 0 Å². The number of benzene rings is 1. The van der Waals surface area contributed by atoms with Gasteiger partial charge in [-0.25, -0.2) is 0 Å². The van der Waals surface area contributed by atoms with E-state index in [1.807, 2.05) is 25.1 Å². The molecule has 0 heterocycles. The van der Waals surface area contributed by atoms with Crippen molar-refractivity contribution in [2.45, 2.75) is 52.1 Å². The Labute approximate surface area is 116 Å². The first kappa shape index (κ1) is 15.7. The number of hydrogen-bond acceptors (Lipinski definition) is 3. The summed E-state index contributed by atoms with van der Waals surface area (Å²) in [5, 5.41) is 3.50. The fourth-order valence-corrected chi connectivity index (χ4v) is 2.03. The van der Waals surface area contributed by atoms with Crippen molar-refractivity contribution >= 4 is 5.97 Å². The van der Waals surface area contributed by atoms with E-state index in [1.165, 1.54) is 5.56 Å². The Bertz CT molecular complexity index is 364. The fraction of sp³-hybridized carbons (Fsp3) is 0.562. The van der Waals surface area contributed by atoms with E-state index in [-0.39, 0.29) is 12.0 Å². The van der Waals surface area contributed by atoms with E-state index in [0.29, 0.717) is 19.1 Å². The van der Waals surface area contributed by atoms with Crippen LogP contribution in [0.3, 0.4) is 0 Å². The van der Waals surface area contributed by atoms with Gasteiger partial charge in [0.2, 0.25) is 0 Å². The zero-order chi connectivity index (χ0) is 14.1. The van der Waals surface area contributed by atoms with Crippen LogP contribution in [0.2, 0.25) is 0 Å². The molecule has 1 rings (SSSR count). The van der Waals surface area contributed by atoms with Gasteiger partial charge in [-0.05, 0) is 32.3 Å². The van der Waals surface area contributed by atoms with Gasteiger partial charge >= 0.3 is 5.97 Å². The number of hydrogen-bond donors (Lipinski definition) is 1. The Balaban J connectivity index is 2.60. The molecule has 3 heteroatoms. The van der Waals surface area contributed by atoms with Crippen molar-refractivity contribution in [2.24, 2.45) is 0 Å². The summed E-state index contributed by atoms with van der Waals surface area (Å²) in [6, 6.07) is 10.8. The van der Waals surface area contributed by atoms with E-state index in [9.17, 15) is 4.79 Å². The Morgan fingerprint density at radius 3 is 2.53 bits per heavy atom. The molecular weight excluding hydrogens is 238 g/mol. The highest BCUT2D eigenvalue weighted by atomic mass is 16.5. The third kappa shape index (κ3) is 6.39. The van der Waals surface area contributed by atoms with Gasteiger partial charge in [0.05, 0.1) is 13.0 Å². The molecule has 0 amide bonds. The third-order valence-corrected chi connectivity index (χ3v) is 3.18. The van der Waals surface area contributed by atoms with Crippen molar-refractivity contribution in [1.29, 1.82) is 0 Å². The summed E-state index contributed by atoms with van der Waals surface area (Å²) in [7, 11) is 0. The summed E-state index contributed by atoms with van der Waals surface area (Å²) in [5.41, 5.74) is 1.24. The van der Waals surface area contributed by atoms with Crippen LogP contribution in [0.25, 0.3) is 0 Å². The summed E-state index contributed by atoms with van der Waals surface area (Å²) in [5.74, 6) is -0.126. The van der Waals surface area contributed by atoms with E-state index in [4.69, 9.17) is 4.74 Å². The standard InChI is InChI=1S/C16H25NO2/c1-4-13(3)17-15(12-16(18)19-5-2)11-14-9-7-6-8-10-14/h6-10,13,15,17H,4-5,11-12H2,1-3H3. The zero-order valence-corrected chi connectivity index (χ0v) is 12.2. The van der Waals surface area contributed by atoms with Gasteiger partial charge in [-0.3, -0.25) is 4.79 Å². The summed E-state index contributed by atoms with van der Waals surface area (Å²) in [4.78, 5) is 11.7. The first-order valence-corrected chi connectivity index (χ1v) is 7.11. The molecule has 0 saturated heterocycles. The number of ether oxygens (including phenoxy) is 1. The minimum absolute atomic E-state index is 0.126. The van der Waals surface area contributed by atoms with Gasteiger partial charge in [-0.1, -0.05) is 37.3 Å². The number of rotatable bonds is 8. The van der Waals surface area contributed by atoms with Crippen LogP contribution in [-0.2, 0) is 16.0 Å². The van der Waals surface area contributed by atoms with Crippen molar-refractivity contribution in [3.63, 3.8) is 0 Å². The van der Waals surface area contributed by atoms with Gasteiger partial charge < -0.3 is 10.1 Å². The average molecular weight is 263 g/mol. The summed E-state index contributed by atoms with van der Waals surface area (Å²) in [6.07, 6.45) is 2.32. The Morgan fingerprint density at radius 2 is 1.95 bits per heavy atom. The van der Waals surface area contributed by atoms with Crippen LogP contribution in [0.15, 0.2) is 30.3 Å². The first-order valence-electron chi connectivity index (χ1n) is 7.11. The monoisotopic (exact) mass is 263 g/mol. The molecule has 0 spiro atoms. The minimum Gasteiger partial charge on any atom is -0.466 e. The molecule has 1 aromatic rings.